The molecule has 0 fully saturated rings. The molecule has 0 unspecified atom stereocenters. The van der Waals surface area contributed by atoms with Crippen molar-refractivity contribution in [3.05, 3.63) is 12.2 Å². The summed E-state index contributed by atoms with van der Waals surface area (Å²) in [4.78, 5) is 24.6. The molecule has 0 saturated heterocycles. The van der Waals surface area contributed by atoms with Gasteiger partial charge in [-0.3, -0.25) is 0 Å². The lowest BCUT2D eigenvalue weighted by Crippen LogP contribution is -2.34. The maximum atomic E-state index is 12.3. The zero-order chi connectivity index (χ0) is 21.5. The summed E-state index contributed by atoms with van der Waals surface area (Å²) >= 11 is 0. The quantitative estimate of drug-likeness (QED) is 0.162. The van der Waals surface area contributed by atoms with Crippen molar-refractivity contribution in [2.45, 2.75) is 130 Å². The molecule has 0 aromatic carbocycles. The van der Waals surface area contributed by atoms with Crippen LogP contribution in [-0.4, -0.2) is 23.1 Å². The number of carbonyl (C=O) groups excluding carboxylic acids is 2. The minimum Gasteiger partial charge on any atom is -0.456 e. The lowest BCUT2D eigenvalue weighted by Gasteiger charge is -2.32. The van der Waals surface area contributed by atoms with Gasteiger partial charge in [0.15, 0.2) is 0 Å². The van der Waals surface area contributed by atoms with Crippen LogP contribution in [-0.2, 0) is 19.1 Å². The van der Waals surface area contributed by atoms with Gasteiger partial charge in [-0.25, -0.2) is 9.59 Å². The molecular weight excluding hydrogens is 352 g/mol. The van der Waals surface area contributed by atoms with Gasteiger partial charge in [0.25, 0.3) is 0 Å². The molecule has 0 aliphatic heterocycles. The SMILES string of the molecule is CCCCCC(CC)(CC)OC(=O)/C=C\C(=O)OC(CC)(CC)CCCCC. The average Bonchev–Trinajstić information content (AvgIpc) is 2.71. The fourth-order valence-corrected chi connectivity index (χ4v) is 3.62. The van der Waals surface area contributed by atoms with Gasteiger partial charge in [-0.15, -0.1) is 0 Å². The van der Waals surface area contributed by atoms with Crippen LogP contribution in [0.4, 0.5) is 0 Å². The average molecular weight is 397 g/mol. The normalized spacial score (nSPS) is 12.4. The van der Waals surface area contributed by atoms with E-state index in [9.17, 15) is 9.59 Å². The molecule has 0 spiro atoms. The second-order valence-corrected chi connectivity index (χ2v) is 7.87. The van der Waals surface area contributed by atoms with Crippen LogP contribution >= 0.6 is 0 Å². The first-order valence-electron chi connectivity index (χ1n) is 11.5. The van der Waals surface area contributed by atoms with Crippen molar-refractivity contribution in [3.8, 4) is 0 Å². The first-order valence-corrected chi connectivity index (χ1v) is 11.5. The third-order valence-corrected chi connectivity index (χ3v) is 6.04. The van der Waals surface area contributed by atoms with Gasteiger partial charge in [0.05, 0.1) is 0 Å². The number of carbonyl (C=O) groups is 2. The predicted molar refractivity (Wildman–Crippen MR) is 116 cm³/mol. The van der Waals surface area contributed by atoms with E-state index >= 15 is 0 Å². The largest absolute Gasteiger partial charge is 0.456 e. The van der Waals surface area contributed by atoms with E-state index in [1.807, 2.05) is 27.7 Å². The third kappa shape index (κ3) is 9.75. The Bertz CT molecular complexity index is 417. The molecule has 0 rings (SSSR count). The van der Waals surface area contributed by atoms with Crippen LogP contribution in [0.3, 0.4) is 0 Å². The van der Waals surface area contributed by atoms with Crippen LogP contribution in [0.2, 0.25) is 0 Å². The lowest BCUT2D eigenvalue weighted by atomic mass is 9.90. The molecule has 0 aliphatic rings. The predicted octanol–water partition coefficient (Wildman–Crippen LogP) is 6.91. The van der Waals surface area contributed by atoms with E-state index in [-0.39, 0.29) is 0 Å². The molecule has 0 bridgehead atoms. The number of hydrogen-bond donors (Lipinski definition) is 0. The van der Waals surface area contributed by atoms with Crippen LogP contribution in [0.15, 0.2) is 12.2 Å². The van der Waals surface area contributed by atoms with Gasteiger partial charge in [0.1, 0.15) is 11.2 Å². The highest BCUT2D eigenvalue weighted by Gasteiger charge is 2.31. The van der Waals surface area contributed by atoms with Crippen LogP contribution in [0, 0.1) is 0 Å². The molecule has 4 heteroatoms. The Labute approximate surface area is 173 Å². The van der Waals surface area contributed by atoms with E-state index in [0.717, 1.165) is 77.0 Å². The minimum absolute atomic E-state index is 0.433. The fraction of sp³-hybridized carbons (Fsp3) is 0.833. The highest BCUT2D eigenvalue weighted by atomic mass is 16.6. The Kier molecular flexibility index (Phi) is 14.0. The smallest absolute Gasteiger partial charge is 0.331 e. The molecule has 0 aromatic heterocycles. The molecule has 0 N–H and O–H groups in total. The first kappa shape index (κ1) is 26.7. The summed E-state index contributed by atoms with van der Waals surface area (Å²) in [5.41, 5.74) is -0.867. The van der Waals surface area contributed by atoms with Crippen molar-refractivity contribution < 1.29 is 19.1 Å². The summed E-state index contributed by atoms with van der Waals surface area (Å²) in [5, 5.41) is 0. The zero-order valence-electron chi connectivity index (χ0n) is 19.3. The van der Waals surface area contributed by atoms with Crippen molar-refractivity contribution in [1.29, 1.82) is 0 Å². The van der Waals surface area contributed by atoms with Crippen molar-refractivity contribution in [2.75, 3.05) is 0 Å². The van der Waals surface area contributed by atoms with Crippen LogP contribution in [0.25, 0.3) is 0 Å². The molecule has 164 valence electrons. The first-order chi connectivity index (χ1) is 13.4. The summed E-state index contributed by atoms with van der Waals surface area (Å²) in [7, 11) is 0. The van der Waals surface area contributed by atoms with Crippen LogP contribution < -0.4 is 0 Å². The van der Waals surface area contributed by atoms with E-state index in [1.165, 1.54) is 12.2 Å². The van der Waals surface area contributed by atoms with Crippen molar-refractivity contribution in [1.82, 2.24) is 0 Å². The standard InChI is InChI=1S/C24H44O4/c1-7-13-15-19-23(9-3,10-4)27-21(25)17-18-22(26)28-24(11-5,12-6)20-16-14-8-2/h17-18H,7-16,19-20H2,1-6H3/b18-17-. The Balaban J connectivity index is 4.85. The Hall–Kier alpha value is -1.32. The van der Waals surface area contributed by atoms with Gasteiger partial charge in [0, 0.05) is 12.2 Å². The number of unbranched alkanes of at least 4 members (excludes halogenated alkanes) is 4. The second-order valence-electron chi connectivity index (χ2n) is 7.87. The molecule has 0 aromatic rings. The third-order valence-electron chi connectivity index (χ3n) is 6.04. The number of ether oxygens (including phenoxy) is 2. The highest BCUT2D eigenvalue weighted by Crippen LogP contribution is 2.29. The number of rotatable bonds is 16. The minimum atomic E-state index is -0.457. The lowest BCUT2D eigenvalue weighted by molar-refractivity contribution is -0.158. The number of hydrogen-bond acceptors (Lipinski definition) is 4. The summed E-state index contributed by atoms with van der Waals surface area (Å²) in [5.74, 6) is -0.913. The molecule has 0 radical (unpaired) electrons. The maximum Gasteiger partial charge on any atom is 0.331 e. The topological polar surface area (TPSA) is 52.6 Å². The molecule has 0 heterocycles. The van der Waals surface area contributed by atoms with Gasteiger partial charge >= 0.3 is 11.9 Å². The fourth-order valence-electron chi connectivity index (χ4n) is 3.62. The van der Waals surface area contributed by atoms with Gasteiger partial charge in [-0.2, -0.15) is 0 Å². The summed E-state index contributed by atoms with van der Waals surface area (Å²) in [6, 6.07) is 0. The van der Waals surface area contributed by atoms with E-state index in [0.29, 0.717) is 0 Å². The molecule has 0 atom stereocenters. The summed E-state index contributed by atoms with van der Waals surface area (Å²) in [6.07, 6.45) is 13.9. The Morgan fingerprint density at radius 3 is 1.18 bits per heavy atom. The molecule has 0 amide bonds. The van der Waals surface area contributed by atoms with Gasteiger partial charge in [-0.1, -0.05) is 67.2 Å². The molecule has 28 heavy (non-hydrogen) atoms. The maximum absolute atomic E-state index is 12.3. The van der Waals surface area contributed by atoms with Crippen LogP contribution in [0.5, 0.6) is 0 Å². The summed E-state index contributed by atoms with van der Waals surface area (Å²) < 4.78 is 11.5. The van der Waals surface area contributed by atoms with Crippen molar-refractivity contribution >= 4 is 11.9 Å². The zero-order valence-corrected chi connectivity index (χ0v) is 19.3. The van der Waals surface area contributed by atoms with Crippen molar-refractivity contribution in [2.24, 2.45) is 0 Å². The molecular formula is C24H44O4. The van der Waals surface area contributed by atoms with Gasteiger partial charge in [-0.05, 0) is 51.4 Å². The van der Waals surface area contributed by atoms with Gasteiger partial charge < -0.3 is 9.47 Å². The monoisotopic (exact) mass is 396 g/mol. The molecule has 0 saturated carbocycles. The number of esters is 2. The highest BCUT2D eigenvalue weighted by molar-refractivity contribution is 5.92. The second kappa shape index (κ2) is 14.6. The van der Waals surface area contributed by atoms with E-state index in [4.69, 9.17) is 9.47 Å². The Morgan fingerprint density at radius 2 is 0.929 bits per heavy atom. The van der Waals surface area contributed by atoms with Crippen molar-refractivity contribution in [3.63, 3.8) is 0 Å². The Morgan fingerprint density at radius 1 is 0.607 bits per heavy atom. The van der Waals surface area contributed by atoms with E-state index in [2.05, 4.69) is 13.8 Å². The van der Waals surface area contributed by atoms with Gasteiger partial charge in [0.2, 0.25) is 0 Å². The molecule has 0 aliphatic carbocycles. The van der Waals surface area contributed by atoms with E-state index < -0.39 is 23.1 Å². The molecule has 4 nitrogen and oxygen atoms in total. The summed E-state index contributed by atoms with van der Waals surface area (Å²) in [6.45, 7) is 12.5. The van der Waals surface area contributed by atoms with Crippen LogP contribution in [0.1, 0.15) is 119 Å². The van der Waals surface area contributed by atoms with E-state index in [1.54, 1.807) is 0 Å².